The van der Waals surface area contributed by atoms with Crippen LogP contribution in [0.2, 0.25) is 5.02 Å². The lowest BCUT2D eigenvalue weighted by Crippen LogP contribution is -2.00. The third-order valence-electron chi connectivity index (χ3n) is 2.50. The number of benzene rings is 1. The molecule has 0 aliphatic carbocycles. The smallest absolute Gasteiger partial charge is 0.131 e. The second-order valence-corrected chi connectivity index (χ2v) is 4.25. The van der Waals surface area contributed by atoms with Gasteiger partial charge in [0, 0.05) is 30.1 Å². The molecule has 1 aromatic carbocycles. The molecule has 0 bridgehead atoms. The maximum atomic E-state index is 13.3. The van der Waals surface area contributed by atoms with Crippen LogP contribution in [0.1, 0.15) is 12.7 Å². The summed E-state index contributed by atoms with van der Waals surface area (Å²) in [6.45, 7) is 1.97. The molecule has 0 amide bonds. The van der Waals surface area contributed by atoms with Crippen molar-refractivity contribution in [3.05, 3.63) is 40.9 Å². The summed E-state index contributed by atoms with van der Waals surface area (Å²) in [6.07, 6.45) is 0.714. The third-order valence-corrected chi connectivity index (χ3v) is 2.72. The van der Waals surface area contributed by atoms with E-state index in [0.717, 1.165) is 0 Å². The largest absolute Gasteiger partial charge is 0.373 e. The fraction of sp³-hybridized carbons (Fsp3) is 0.231. The molecule has 5 heteroatoms. The minimum Gasteiger partial charge on any atom is -0.373 e. The minimum atomic E-state index is -0.375. The van der Waals surface area contributed by atoms with Gasteiger partial charge in [-0.25, -0.2) is 14.4 Å². The first-order valence-electron chi connectivity index (χ1n) is 5.64. The van der Waals surface area contributed by atoms with Crippen LogP contribution in [-0.4, -0.2) is 17.0 Å². The summed E-state index contributed by atoms with van der Waals surface area (Å²) in [7, 11) is 1.78. The molecule has 0 unspecified atom stereocenters. The zero-order valence-electron chi connectivity index (χ0n) is 10.2. The van der Waals surface area contributed by atoms with Crippen molar-refractivity contribution in [3.8, 4) is 11.3 Å². The molecular weight excluding hydrogens is 253 g/mol. The van der Waals surface area contributed by atoms with E-state index in [1.54, 1.807) is 19.2 Å². The van der Waals surface area contributed by atoms with E-state index in [2.05, 4.69) is 15.3 Å². The summed E-state index contributed by atoms with van der Waals surface area (Å²) < 4.78 is 13.3. The molecule has 3 nitrogen and oxygen atoms in total. The monoisotopic (exact) mass is 265 g/mol. The first-order valence-corrected chi connectivity index (χ1v) is 6.02. The number of hydrogen-bond acceptors (Lipinski definition) is 3. The van der Waals surface area contributed by atoms with Gasteiger partial charge in [-0.1, -0.05) is 18.5 Å². The third kappa shape index (κ3) is 2.76. The lowest BCUT2D eigenvalue weighted by atomic mass is 10.1. The highest BCUT2D eigenvalue weighted by atomic mass is 35.5. The summed E-state index contributed by atoms with van der Waals surface area (Å²) in [5, 5.41) is 3.32. The Labute approximate surface area is 110 Å². The van der Waals surface area contributed by atoms with E-state index >= 15 is 0 Å². The number of aryl methyl sites for hydroxylation is 1. The summed E-state index contributed by atoms with van der Waals surface area (Å²) in [4.78, 5) is 8.67. The Morgan fingerprint density at radius 2 is 2.00 bits per heavy atom. The zero-order chi connectivity index (χ0) is 13.1. The van der Waals surface area contributed by atoms with Gasteiger partial charge >= 0.3 is 0 Å². The predicted molar refractivity (Wildman–Crippen MR) is 71.4 cm³/mol. The van der Waals surface area contributed by atoms with Crippen molar-refractivity contribution < 1.29 is 4.39 Å². The maximum absolute atomic E-state index is 13.3. The van der Waals surface area contributed by atoms with Gasteiger partial charge < -0.3 is 5.32 Å². The van der Waals surface area contributed by atoms with E-state index in [9.17, 15) is 4.39 Å². The van der Waals surface area contributed by atoms with Gasteiger partial charge in [-0.2, -0.15) is 0 Å². The Balaban J connectivity index is 2.55. The summed E-state index contributed by atoms with van der Waals surface area (Å²) >= 11 is 5.85. The number of nitrogens with one attached hydrogen (secondary N) is 1. The van der Waals surface area contributed by atoms with Crippen molar-refractivity contribution in [3.63, 3.8) is 0 Å². The molecule has 94 valence electrons. The molecule has 0 aliphatic heterocycles. The van der Waals surface area contributed by atoms with Gasteiger partial charge in [0.2, 0.25) is 0 Å². The molecule has 0 spiro atoms. The highest BCUT2D eigenvalue weighted by Gasteiger charge is 2.07. The van der Waals surface area contributed by atoms with E-state index in [4.69, 9.17) is 11.6 Å². The van der Waals surface area contributed by atoms with Gasteiger partial charge in [-0.15, -0.1) is 0 Å². The van der Waals surface area contributed by atoms with Crippen LogP contribution in [0.4, 0.5) is 10.2 Å². The molecule has 0 saturated heterocycles. The van der Waals surface area contributed by atoms with Crippen molar-refractivity contribution in [2.24, 2.45) is 0 Å². The first-order chi connectivity index (χ1) is 8.62. The fourth-order valence-corrected chi connectivity index (χ4v) is 1.85. The van der Waals surface area contributed by atoms with Gasteiger partial charge in [-0.05, 0) is 18.2 Å². The Hall–Kier alpha value is -1.68. The van der Waals surface area contributed by atoms with Crippen LogP contribution >= 0.6 is 11.6 Å². The first kappa shape index (κ1) is 12.8. The summed E-state index contributed by atoms with van der Waals surface area (Å²) in [5.41, 5.74) is 1.31. The van der Waals surface area contributed by atoms with E-state index in [-0.39, 0.29) is 5.82 Å². The lowest BCUT2D eigenvalue weighted by Gasteiger charge is -2.07. The van der Waals surface area contributed by atoms with Crippen molar-refractivity contribution in [2.45, 2.75) is 13.3 Å². The Morgan fingerprint density at radius 3 is 2.61 bits per heavy atom. The van der Waals surface area contributed by atoms with E-state index in [1.807, 2.05) is 6.92 Å². The average Bonchev–Trinajstić information content (AvgIpc) is 2.37. The summed E-state index contributed by atoms with van der Waals surface area (Å²) in [6, 6.07) is 6.13. The molecular formula is C13H13ClFN3. The normalized spacial score (nSPS) is 10.4. The summed E-state index contributed by atoms with van der Waals surface area (Å²) in [5.74, 6) is 1.04. The predicted octanol–water partition coefficient (Wildman–Crippen LogP) is 3.54. The molecule has 0 saturated carbocycles. The highest BCUT2D eigenvalue weighted by molar-refractivity contribution is 6.30. The van der Waals surface area contributed by atoms with Crippen molar-refractivity contribution in [1.29, 1.82) is 0 Å². The van der Waals surface area contributed by atoms with Crippen LogP contribution in [0.3, 0.4) is 0 Å². The standard InChI is InChI=1S/C13H13ClFN3/c1-3-12-17-11(7-13(16-2)18-12)8-4-9(14)6-10(15)5-8/h4-7H,3H2,1-2H3,(H,16,17,18). The highest BCUT2D eigenvalue weighted by Crippen LogP contribution is 2.24. The molecule has 2 aromatic rings. The molecule has 0 aliphatic rings. The molecule has 0 radical (unpaired) electrons. The van der Waals surface area contributed by atoms with Crippen molar-refractivity contribution in [2.75, 3.05) is 12.4 Å². The maximum Gasteiger partial charge on any atom is 0.131 e. The average molecular weight is 266 g/mol. The fourth-order valence-electron chi connectivity index (χ4n) is 1.63. The quantitative estimate of drug-likeness (QED) is 0.922. The molecule has 1 aromatic heterocycles. The molecule has 18 heavy (non-hydrogen) atoms. The SMILES string of the molecule is CCc1nc(NC)cc(-c2cc(F)cc(Cl)c2)n1. The Kier molecular flexibility index (Phi) is 3.77. The van der Waals surface area contributed by atoms with Crippen molar-refractivity contribution >= 4 is 17.4 Å². The lowest BCUT2D eigenvalue weighted by molar-refractivity contribution is 0.628. The van der Waals surface area contributed by atoms with Crippen molar-refractivity contribution in [1.82, 2.24) is 9.97 Å². The van der Waals surface area contributed by atoms with E-state index in [0.29, 0.717) is 34.3 Å². The van der Waals surface area contributed by atoms with Crippen LogP contribution in [0.5, 0.6) is 0 Å². The number of nitrogens with zero attached hydrogens (tertiary/aromatic N) is 2. The second-order valence-electron chi connectivity index (χ2n) is 3.82. The molecule has 2 rings (SSSR count). The Morgan fingerprint density at radius 1 is 1.22 bits per heavy atom. The topological polar surface area (TPSA) is 37.8 Å². The van der Waals surface area contributed by atoms with Crippen LogP contribution in [0.25, 0.3) is 11.3 Å². The van der Waals surface area contributed by atoms with E-state index < -0.39 is 0 Å². The van der Waals surface area contributed by atoms with Crippen LogP contribution < -0.4 is 5.32 Å². The second kappa shape index (κ2) is 5.31. The molecule has 1 heterocycles. The number of aromatic nitrogens is 2. The van der Waals surface area contributed by atoms with Gasteiger partial charge in [0.05, 0.1) is 5.69 Å². The number of halogens is 2. The Bertz CT molecular complexity index is 530. The molecule has 0 atom stereocenters. The van der Waals surface area contributed by atoms with Gasteiger partial charge in [0.25, 0.3) is 0 Å². The van der Waals surface area contributed by atoms with Gasteiger partial charge in [-0.3, -0.25) is 0 Å². The number of rotatable bonds is 3. The van der Waals surface area contributed by atoms with E-state index in [1.165, 1.54) is 12.1 Å². The van der Waals surface area contributed by atoms with Crippen LogP contribution in [0, 0.1) is 5.82 Å². The van der Waals surface area contributed by atoms with Gasteiger partial charge in [0.1, 0.15) is 17.5 Å². The zero-order valence-corrected chi connectivity index (χ0v) is 10.9. The number of hydrogen-bond donors (Lipinski definition) is 1. The van der Waals surface area contributed by atoms with Crippen LogP contribution in [-0.2, 0) is 6.42 Å². The number of anilines is 1. The minimum absolute atomic E-state index is 0.354. The molecule has 0 fully saturated rings. The molecule has 1 N–H and O–H groups in total. The van der Waals surface area contributed by atoms with Gasteiger partial charge in [0.15, 0.2) is 0 Å². The van der Waals surface area contributed by atoms with Crippen LogP contribution in [0.15, 0.2) is 24.3 Å².